The minimum atomic E-state index is -0.767. The van der Waals surface area contributed by atoms with Gasteiger partial charge in [0.25, 0.3) is 0 Å². The molecule has 0 aliphatic heterocycles. The van der Waals surface area contributed by atoms with Gasteiger partial charge in [-0.25, -0.2) is 9.37 Å². The molecule has 0 aromatic carbocycles. The molecule has 1 aromatic rings. The number of carbonyl (C=O) groups excluding carboxylic acids is 1. The van der Waals surface area contributed by atoms with E-state index < -0.39 is 5.82 Å². The van der Waals surface area contributed by atoms with Crippen LogP contribution in [0.3, 0.4) is 0 Å². The van der Waals surface area contributed by atoms with E-state index in [-0.39, 0.29) is 11.3 Å². The second-order valence-corrected chi connectivity index (χ2v) is 1.83. The fourth-order valence-electron chi connectivity index (χ4n) is 0.599. The van der Waals surface area contributed by atoms with Crippen molar-refractivity contribution < 1.29 is 9.18 Å². The molecule has 0 radical (unpaired) electrons. The van der Waals surface area contributed by atoms with Crippen molar-refractivity contribution in [3.63, 3.8) is 0 Å². The lowest BCUT2D eigenvalue weighted by atomic mass is 10.3. The predicted molar refractivity (Wildman–Crippen MR) is 34.3 cm³/mol. The number of hydrogen-bond donors (Lipinski definition) is 0. The molecule has 0 saturated heterocycles. The minimum absolute atomic E-state index is 0.126. The third-order valence-corrected chi connectivity index (χ3v) is 1.10. The van der Waals surface area contributed by atoms with Crippen LogP contribution < -0.4 is 0 Å². The van der Waals surface area contributed by atoms with Gasteiger partial charge in [0.2, 0.25) is 0 Å². The van der Waals surface area contributed by atoms with E-state index in [9.17, 15) is 9.18 Å². The molecular weight excluding hydrogens is 147 g/mol. The Morgan fingerprint density at radius 3 is 2.91 bits per heavy atom. The Labute approximate surface area is 62.1 Å². The molecule has 0 atom stereocenters. The van der Waals surface area contributed by atoms with Gasteiger partial charge in [-0.3, -0.25) is 4.79 Å². The summed E-state index contributed by atoms with van der Waals surface area (Å²) in [4.78, 5) is 13.5. The van der Waals surface area contributed by atoms with E-state index in [2.05, 4.69) is 4.98 Å². The van der Waals surface area contributed by atoms with Crippen molar-refractivity contribution in [1.82, 2.24) is 4.98 Å². The molecule has 3 nitrogen and oxygen atoms in total. The summed E-state index contributed by atoms with van der Waals surface area (Å²) < 4.78 is 12.6. The number of halogens is 1. The van der Waals surface area contributed by atoms with Crippen molar-refractivity contribution in [2.75, 3.05) is 0 Å². The molecule has 4 heteroatoms. The molecule has 0 unspecified atom stereocenters. The van der Waals surface area contributed by atoms with Crippen molar-refractivity contribution in [3.05, 3.63) is 29.3 Å². The van der Waals surface area contributed by atoms with Crippen LogP contribution in [0.25, 0.3) is 0 Å². The van der Waals surface area contributed by atoms with Crippen LogP contribution >= 0.6 is 0 Å². The maximum Gasteiger partial charge on any atom is 0.176 e. The highest BCUT2D eigenvalue weighted by molar-refractivity contribution is 5.74. The van der Waals surface area contributed by atoms with E-state index in [1.807, 2.05) is 0 Å². The highest BCUT2D eigenvalue weighted by Crippen LogP contribution is 2.03. The van der Waals surface area contributed by atoms with E-state index in [0.29, 0.717) is 6.29 Å². The van der Waals surface area contributed by atoms with Crippen molar-refractivity contribution in [1.29, 1.82) is 5.26 Å². The second kappa shape index (κ2) is 2.88. The van der Waals surface area contributed by atoms with Gasteiger partial charge in [0.15, 0.2) is 17.8 Å². The first-order chi connectivity index (χ1) is 5.27. The minimum Gasteiger partial charge on any atom is -0.298 e. The molecule has 0 fully saturated rings. The number of pyridine rings is 1. The van der Waals surface area contributed by atoms with Gasteiger partial charge in [-0.15, -0.1) is 0 Å². The van der Waals surface area contributed by atoms with Gasteiger partial charge in [0.1, 0.15) is 6.07 Å². The molecule has 54 valence electrons. The fourth-order valence-corrected chi connectivity index (χ4v) is 0.599. The van der Waals surface area contributed by atoms with Crippen LogP contribution in [0.5, 0.6) is 0 Å². The molecule has 1 heterocycles. The number of hydrogen-bond acceptors (Lipinski definition) is 3. The van der Waals surface area contributed by atoms with Crippen molar-refractivity contribution in [2.24, 2.45) is 0 Å². The van der Waals surface area contributed by atoms with Crippen molar-refractivity contribution in [2.45, 2.75) is 0 Å². The lowest BCUT2D eigenvalue weighted by Gasteiger charge is -1.91. The number of aromatic nitrogens is 1. The molecule has 0 aliphatic rings. The topological polar surface area (TPSA) is 53.8 Å². The van der Waals surface area contributed by atoms with Crippen LogP contribution in [-0.2, 0) is 0 Å². The largest absolute Gasteiger partial charge is 0.298 e. The smallest absolute Gasteiger partial charge is 0.176 e. The summed E-state index contributed by atoms with van der Waals surface area (Å²) in [5, 5.41) is 8.24. The Morgan fingerprint density at radius 2 is 2.45 bits per heavy atom. The van der Waals surface area contributed by atoms with Gasteiger partial charge >= 0.3 is 0 Å². The zero-order chi connectivity index (χ0) is 8.27. The quantitative estimate of drug-likeness (QED) is 0.559. The lowest BCUT2D eigenvalue weighted by molar-refractivity contribution is 0.112. The Bertz CT molecular complexity index is 330. The van der Waals surface area contributed by atoms with E-state index >= 15 is 0 Å². The standard InChI is InChI=1S/C7H3FN2O/c8-6-1-5(4-11)3-10-7(6)2-9/h1,3-4H. The Kier molecular flexibility index (Phi) is 1.93. The highest BCUT2D eigenvalue weighted by Gasteiger charge is 2.02. The van der Waals surface area contributed by atoms with Crippen LogP contribution in [-0.4, -0.2) is 11.3 Å². The average molecular weight is 150 g/mol. The molecule has 0 saturated carbocycles. The maximum atomic E-state index is 12.6. The monoisotopic (exact) mass is 150 g/mol. The summed E-state index contributed by atoms with van der Waals surface area (Å²) in [6.07, 6.45) is 1.62. The van der Waals surface area contributed by atoms with Gasteiger partial charge in [0, 0.05) is 11.8 Å². The molecule has 1 aromatic heterocycles. The first kappa shape index (κ1) is 7.35. The van der Waals surface area contributed by atoms with Crippen LogP contribution in [0.15, 0.2) is 12.3 Å². The third-order valence-electron chi connectivity index (χ3n) is 1.10. The Morgan fingerprint density at radius 1 is 1.73 bits per heavy atom. The predicted octanol–water partition coefficient (Wildman–Crippen LogP) is 0.905. The summed E-state index contributed by atoms with van der Waals surface area (Å²) in [6, 6.07) is 2.52. The molecular formula is C7H3FN2O. The average Bonchev–Trinajstić information content (AvgIpc) is 2.04. The van der Waals surface area contributed by atoms with E-state index in [1.165, 1.54) is 0 Å². The highest BCUT2D eigenvalue weighted by atomic mass is 19.1. The summed E-state index contributed by atoms with van der Waals surface area (Å²) in [6.45, 7) is 0. The molecule has 0 aliphatic carbocycles. The summed E-state index contributed by atoms with van der Waals surface area (Å²) in [5.41, 5.74) is -0.169. The Hall–Kier alpha value is -1.76. The fraction of sp³-hybridized carbons (Fsp3) is 0. The number of nitriles is 1. The zero-order valence-corrected chi connectivity index (χ0v) is 5.41. The van der Waals surface area contributed by atoms with E-state index in [1.54, 1.807) is 6.07 Å². The van der Waals surface area contributed by atoms with Crippen LogP contribution in [0.4, 0.5) is 4.39 Å². The van der Waals surface area contributed by atoms with Crippen LogP contribution in [0.1, 0.15) is 16.1 Å². The SMILES string of the molecule is N#Cc1ncc(C=O)cc1F. The number of rotatable bonds is 1. The van der Waals surface area contributed by atoms with Crippen molar-refractivity contribution in [3.8, 4) is 6.07 Å². The van der Waals surface area contributed by atoms with Gasteiger partial charge in [0.05, 0.1) is 0 Å². The maximum absolute atomic E-state index is 12.6. The third kappa shape index (κ3) is 1.38. The first-order valence-electron chi connectivity index (χ1n) is 2.78. The van der Waals surface area contributed by atoms with Gasteiger partial charge in [-0.05, 0) is 6.07 Å². The first-order valence-corrected chi connectivity index (χ1v) is 2.78. The number of carbonyl (C=O) groups is 1. The number of aldehydes is 1. The summed E-state index contributed by atoms with van der Waals surface area (Å²) in [5.74, 6) is -0.767. The second-order valence-electron chi connectivity index (χ2n) is 1.83. The van der Waals surface area contributed by atoms with Gasteiger partial charge in [-0.1, -0.05) is 0 Å². The Balaban J connectivity index is 3.22. The molecule has 0 amide bonds. The molecule has 0 spiro atoms. The van der Waals surface area contributed by atoms with E-state index in [0.717, 1.165) is 12.3 Å². The summed E-state index contributed by atoms with van der Waals surface area (Å²) >= 11 is 0. The molecule has 11 heavy (non-hydrogen) atoms. The molecule has 0 N–H and O–H groups in total. The van der Waals surface area contributed by atoms with E-state index in [4.69, 9.17) is 5.26 Å². The van der Waals surface area contributed by atoms with Crippen LogP contribution in [0, 0.1) is 17.1 Å². The lowest BCUT2D eigenvalue weighted by Crippen LogP contribution is -1.91. The van der Waals surface area contributed by atoms with Crippen molar-refractivity contribution >= 4 is 6.29 Å². The summed E-state index contributed by atoms with van der Waals surface area (Å²) in [7, 11) is 0. The normalized spacial score (nSPS) is 8.73. The van der Waals surface area contributed by atoms with Gasteiger partial charge < -0.3 is 0 Å². The van der Waals surface area contributed by atoms with Gasteiger partial charge in [-0.2, -0.15) is 5.26 Å². The number of nitrogens with zero attached hydrogens (tertiary/aromatic N) is 2. The molecule has 0 bridgehead atoms. The molecule has 1 rings (SSSR count). The zero-order valence-electron chi connectivity index (χ0n) is 5.41. The van der Waals surface area contributed by atoms with Crippen LogP contribution in [0.2, 0.25) is 0 Å².